The van der Waals surface area contributed by atoms with Gasteiger partial charge in [0.1, 0.15) is 11.5 Å². The van der Waals surface area contributed by atoms with E-state index in [4.69, 9.17) is 0 Å². The first-order chi connectivity index (χ1) is 11.7. The lowest BCUT2D eigenvalue weighted by Gasteiger charge is -2.08. The van der Waals surface area contributed by atoms with Crippen LogP contribution in [0.25, 0.3) is 22.8 Å². The Kier molecular flexibility index (Phi) is 3.58. The van der Waals surface area contributed by atoms with Gasteiger partial charge < -0.3 is 4.57 Å². The number of aromatic nitrogens is 3. The highest BCUT2D eigenvalue weighted by molar-refractivity contribution is 5.65. The molecule has 0 saturated heterocycles. The number of aryl methyl sites for hydroxylation is 1. The fourth-order valence-corrected chi connectivity index (χ4v) is 2.83. The monoisotopic (exact) mass is 317 g/mol. The molecule has 0 aliphatic carbocycles. The van der Waals surface area contributed by atoms with Gasteiger partial charge in [-0.1, -0.05) is 42.0 Å². The van der Waals surface area contributed by atoms with E-state index in [2.05, 4.69) is 45.7 Å². The lowest BCUT2D eigenvalue weighted by molar-refractivity contribution is 0.630. The molecule has 0 amide bonds. The van der Waals surface area contributed by atoms with Crippen molar-refractivity contribution in [2.24, 2.45) is 0 Å². The lowest BCUT2D eigenvalue weighted by atomic mass is 10.1. The van der Waals surface area contributed by atoms with Crippen LogP contribution in [0.1, 0.15) is 11.1 Å². The second kappa shape index (κ2) is 5.89. The van der Waals surface area contributed by atoms with Crippen LogP contribution in [0.15, 0.2) is 67.0 Å². The Labute approximate surface area is 139 Å². The number of halogens is 1. The largest absolute Gasteiger partial charge is 0.348 e. The number of fused-ring (bicyclic) bond motifs is 1. The van der Waals surface area contributed by atoms with E-state index in [1.165, 1.54) is 17.2 Å². The number of nitrogens with zero attached hydrogens (tertiary/aromatic N) is 3. The molecule has 3 nitrogen and oxygen atoms in total. The normalized spacial score (nSPS) is 11.1. The molecule has 0 aromatic heterocycles. The Bertz CT molecular complexity index is 974. The predicted molar refractivity (Wildman–Crippen MR) is 92.3 cm³/mol. The molecule has 0 atom stereocenters. The molecule has 0 bridgehead atoms. The molecule has 2 aromatic rings. The van der Waals surface area contributed by atoms with E-state index in [0.717, 1.165) is 17.9 Å². The van der Waals surface area contributed by atoms with Crippen LogP contribution in [0, 0.1) is 12.7 Å². The fourth-order valence-electron chi connectivity index (χ4n) is 2.83. The standard InChI is InChI=1S/C20H16FN3/c1-14-5-4-6-15(11-14)12-24-10-9-18-19(13-24)23-20(22-18)16-7-2-3-8-17(16)21/h2-11,13H,12H2,1H3. The summed E-state index contributed by atoms with van der Waals surface area (Å²) in [6.45, 7) is 2.85. The third-order valence-corrected chi connectivity index (χ3v) is 3.99. The van der Waals surface area contributed by atoms with Crippen molar-refractivity contribution in [1.82, 2.24) is 14.5 Å². The smallest absolute Gasteiger partial charge is 0.163 e. The Morgan fingerprint density at radius 3 is 2.62 bits per heavy atom. The summed E-state index contributed by atoms with van der Waals surface area (Å²) in [5.74, 6) is 0.122. The maximum absolute atomic E-state index is 13.9. The molecular weight excluding hydrogens is 301 g/mol. The topological polar surface area (TPSA) is 30.7 Å². The van der Waals surface area contributed by atoms with Gasteiger partial charge in [0.25, 0.3) is 0 Å². The molecule has 0 radical (unpaired) electrons. The number of rotatable bonds is 3. The van der Waals surface area contributed by atoms with Crippen LogP contribution in [0.2, 0.25) is 0 Å². The molecule has 2 heterocycles. The van der Waals surface area contributed by atoms with Crippen molar-refractivity contribution in [3.05, 3.63) is 83.9 Å². The van der Waals surface area contributed by atoms with E-state index in [-0.39, 0.29) is 5.82 Å². The van der Waals surface area contributed by atoms with E-state index >= 15 is 0 Å². The maximum atomic E-state index is 13.9. The summed E-state index contributed by atoms with van der Waals surface area (Å²) < 4.78 is 16.0. The molecular formula is C20H16FN3. The number of imidazole rings is 1. The van der Waals surface area contributed by atoms with Gasteiger partial charge in [-0.25, -0.2) is 14.4 Å². The highest BCUT2D eigenvalue weighted by atomic mass is 19.1. The Hall–Kier alpha value is -3.01. The van der Waals surface area contributed by atoms with Crippen LogP contribution in [-0.4, -0.2) is 14.5 Å². The molecule has 0 N–H and O–H groups in total. The van der Waals surface area contributed by atoms with Gasteiger partial charge in [0.05, 0.1) is 11.3 Å². The van der Waals surface area contributed by atoms with Gasteiger partial charge in [0, 0.05) is 18.9 Å². The van der Waals surface area contributed by atoms with E-state index in [0.29, 0.717) is 11.4 Å². The zero-order chi connectivity index (χ0) is 16.5. The summed E-state index contributed by atoms with van der Waals surface area (Å²) >= 11 is 0. The molecule has 2 aromatic carbocycles. The van der Waals surface area contributed by atoms with E-state index in [9.17, 15) is 4.39 Å². The Morgan fingerprint density at radius 2 is 1.79 bits per heavy atom. The van der Waals surface area contributed by atoms with Gasteiger partial charge in [-0.15, -0.1) is 0 Å². The Balaban J connectivity index is 1.69. The maximum Gasteiger partial charge on any atom is 0.163 e. The summed E-state index contributed by atoms with van der Waals surface area (Å²) in [6.07, 6.45) is 3.93. The SMILES string of the molecule is Cc1cccc(Cn2ccc3nc(-c4ccccc4F)nc-3c2)c1. The molecule has 0 fully saturated rings. The van der Waals surface area contributed by atoms with Crippen molar-refractivity contribution < 1.29 is 4.39 Å². The van der Waals surface area contributed by atoms with E-state index in [1.807, 2.05) is 18.5 Å². The van der Waals surface area contributed by atoms with Crippen LogP contribution in [0.5, 0.6) is 0 Å². The number of benzene rings is 2. The first kappa shape index (κ1) is 14.6. The third-order valence-electron chi connectivity index (χ3n) is 3.99. The average molecular weight is 317 g/mol. The molecule has 2 aliphatic heterocycles. The third kappa shape index (κ3) is 2.78. The lowest BCUT2D eigenvalue weighted by Crippen LogP contribution is -2.01. The summed E-state index contributed by atoms with van der Waals surface area (Å²) in [5, 5.41) is 0. The molecule has 4 rings (SSSR count). The van der Waals surface area contributed by atoms with Crippen molar-refractivity contribution in [2.45, 2.75) is 13.5 Å². The Morgan fingerprint density at radius 1 is 0.958 bits per heavy atom. The first-order valence-corrected chi connectivity index (χ1v) is 7.83. The molecule has 2 aliphatic rings. The minimum Gasteiger partial charge on any atom is -0.348 e. The van der Waals surface area contributed by atoms with Crippen molar-refractivity contribution in [1.29, 1.82) is 0 Å². The quantitative estimate of drug-likeness (QED) is 0.555. The van der Waals surface area contributed by atoms with Gasteiger partial charge in [0.15, 0.2) is 5.82 Å². The van der Waals surface area contributed by atoms with Crippen LogP contribution in [0.4, 0.5) is 4.39 Å². The van der Waals surface area contributed by atoms with Crippen molar-refractivity contribution in [3.8, 4) is 22.8 Å². The van der Waals surface area contributed by atoms with Crippen LogP contribution >= 0.6 is 0 Å². The van der Waals surface area contributed by atoms with Crippen LogP contribution in [0.3, 0.4) is 0 Å². The van der Waals surface area contributed by atoms with E-state index in [1.54, 1.807) is 18.2 Å². The molecule has 0 saturated carbocycles. The highest BCUT2D eigenvalue weighted by Gasteiger charge is 2.15. The van der Waals surface area contributed by atoms with Crippen molar-refractivity contribution in [3.63, 3.8) is 0 Å². The second-order valence-electron chi connectivity index (χ2n) is 5.90. The zero-order valence-corrected chi connectivity index (χ0v) is 13.3. The second-order valence-corrected chi connectivity index (χ2v) is 5.90. The van der Waals surface area contributed by atoms with Crippen molar-refractivity contribution >= 4 is 0 Å². The molecule has 24 heavy (non-hydrogen) atoms. The molecule has 0 unspecified atom stereocenters. The minimum atomic E-state index is -0.305. The summed E-state index contributed by atoms with van der Waals surface area (Å²) in [5.41, 5.74) is 4.44. The van der Waals surface area contributed by atoms with E-state index < -0.39 is 0 Å². The summed E-state index contributed by atoms with van der Waals surface area (Å²) in [4.78, 5) is 8.93. The fraction of sp³-hybridized carbons (Fsp3) is 0.100. The van der Waals surface area contributed by atoms with Crippen LogP contribution in [-0.2, 0) is 6.54 Å². The highest BCUT2D eigenvalue weighted by Crippen LogP contribution is 2.26. The van der Waals surface area contributed by atoms with Gasteiger partial charge in [-0.3, -0.25) is 0 Å². The average Bonchev–Trinajstić information content (AvgIpc) is 2.98. The van der Waals surface area contributed by atoms with Gasteiger partial charge >= 0.3 is 0 Å². The molecule has 118 valence electrons. The summed E-state index contributed by atoms with van der Waals surface area (Å²) in [7, 11) is 0. The van der Waals surface area contributed by atoms with Gasteiger partial charge in [-0.2, -0.15) is 0 Å². The predicted octanol–water partition coefficient (Wildman–Crippen LogP) is 4.55. The molecule has 0 spiro atoms. The minimum absolute atomic E-state index is 0.305. The van der Waals surface area contributed by atoms with Crippen molar-refractivity contribution in [2.75, 3.05) is 0 Å². The first-order valence-electron chi connectivity index (χ1n) is 7.83. The van der Waals surface area contributed by atoms with Gasteiger partial charge in [0.2, 0.25) is 0 Å². The number of hydrogen-bond donors (Lipinski definition) is 0. The van der Waals surface area contributed by atoms with Gasteiger partial charge in [-0.05, 0) is 30.7 Å². The molecule has 4 heteroatoms. The number of pyridine rings is 1. The van der Waals surface area contributed by atoms with Crippen LogP contribution < -0.4 is 0 Å². The number of hydrogen-bond acceptors (Lipinski definition) is 2. The zero-order valence-electron chi connectivity index (χ0n) is 13.3. The summed E-state index contributed by atoms with van der Waals surface area (Å²) in [6, 6.07) is 16.9.